The van der Waals surface area contributed by atoms with Gasteiger partial charge in [0.15, 0.2) is 0 Å². The van der Waals surface area contributed by atoms with E-state index < -0.39 is 6.10 Å². The molecule has 228 valence electrons. The largest absolute Gasteiger partial charge is 0.462 e. The maximum Gasteiger partial charge on any atom is 0.306 e. The first-order valence-corrected chi connectivity index (χ1v) is 16.7. The van der Waals surface area contributed by atoms with Gasteiger partial charge in [0.2, 0.25) is 0 Å². The number of rotatable bonds is 27. The van der Waals surface area contributed by atoms with Crippen LogP contribution in [0.5, 0.6) is 0 Å². The molecule has 0 amide bonds. The van der Waals surface area contributed by atoms with Crippen molar-refractivity contribution in [2.75, 3.05) is 6.61 Å². The molecule has 2 aliphatic heterocycles. The molecule has 5 atom stereocenters. The molecule has 39 heavy (non-hydrogen) atoms. The molecule has 0 N–H and O–H groups in total. The fourth-order valence-electron chi connectivity index (χ4n) is 5.45. The minimum absolute atomic E-state index is 0.110. The Kier molecular flexibility index (Phi) is 18.9. The Balaban J connectivity index is 1.36. The number of hydrogen-bond donors (Lipinski definition) is 0. The summed E-state index contributed by atoms with van der Waals surface area (Å²) in [5.41, 5.74) is 0. The molecule has 0 saturated carbocycles. The molecule has 2 rings (SSSR count). The van der Waals surface area contributed by atoms with Gasteiger partial charge < -0.3 is 18.9 Å². The van der Waals surface area contributed by atoms with Crippen molar-refractivity contribution in [1.29, 1.82) is 0 Å². The summed E-state index contributed by atoms with van der Waals surface area (Å²) < 4.78 is 22.2. The van der Waals surface area contributed by atoms with E-state index in [0.717, 1.165) is 19.3 Å². The van der Waals surface area contributed by atoms with Gasteiger partial charge in [0.25, 0.3) is 0 Å². The van der Waals surface area contributed by atoms with E-state index in [-0.39, 0.29) is 30.8 Å². The Morgan fingerprint density at radius 2 is 0.949 bits per heavy atom. The van der Waals surface area contributed by atoms with E-state index in [4.69, 9.17) is 18.9 Å². The Hall–Kier alpha value is -1.14. The first kappa shape index (κ1) is 34.1. The Morgan fingerprint density at radius 3 is 1.41 bits per heavy atom. The van der Waals surface area contributed by atoms with Crippen LogP contribution in [0.15, 0.2) is 0 Å². The normalized spacial score (nSPS) is 22.4. The van der Waals surface area contributed by atoms with E-state index in [2.05, 4.69) is 13.8 Å². The predicted molar refractivity (Wildman–Crippen MR) is 157 cm³/mol. The third kappa shape index (κ3) is 18.0. The highest BCUT2D eigenvalue weighted by molar-refractivity contribution is 5.70. The second-order valence-electron chi connectivity index (χ2n) is 12.0. The molecule has 0 aliphatic carbocycles. The Labute approximate surface area is 239 Å². The highest BCUT2D eigenvalue weighted by Crippen LogP contribution is 2.32. The lowest BCUT2D eigenvalue weighted by Gasteiger charge is -2.13. The van der Waals surface area contributed by atoms with Crippen LogP contribution in [0.25, 0.3) is 0 Å². The van der Waals surface area contributed by atoms with Crippen LogP contribution >= 0.6 is 0 Å². The first-order chi connectivity index (χ1) is 19.0. The van der Waals surface area contributed by atoms with Gasteiger partial charge in [0.05, 0.1) is 24.4 Å². The van der Waals surface area contributed by atoms with Gasteiger partial charge in [-0.05, 0) is 32.6 Å². The van der Waals surface area contributed by atoms with E-state index in [1.54, 1.807) is 6.92 Å². The van der Waals surface area contributed by atoms with Crippen molar-refractivity contribution < 1.29 is 28.5 Å². The van der Waals surface area contributed by atoms with Crippen molar-refractivity contribution in [3.63, 3.8) is 0 Å². The third-order valence-corrected chi connectivity index (χ3v) is 8.14. The summed E-state index contributed by atoms with van der Waals surface area (Å²) in [5.74, 6) is -0.482. The lowest BCUT2D eigenvalue weighted by atomic mass is 10.0. The molecule has 2 aliphatic rings. The summed E-state index contributed by atoms with van der Waals surface area (Å²) in [4.78, 5) is 24.2. The molecule has 0 radical (unpaired) electrons. The van der Waals surface area contributed by atoms with Crippen molar-refractivity contribution >= 4 is 11.9 Å². The van der Waals surface area contributed by atoms with Gasteiger partial charge in [0.1, 0.15) is 12.7 Å². The monoisotopic (exact) mass is 552 g/mol. The minimum Gasteiger partial charge on any atom is -0.462 e. The van der Waals surface area contributed by atoms with E-state index >= 15 is 0 Å². The molecular formula is C33H60O6. The smallest absolute Gasteiger partial charge is 0.306 e. The quantitative estimate of drug-likeness (QED) is 0.0577. The second-order valence-corrected chi connectivity index (χ2v) is 12.0. The van der Waals surface area contributed by atoms with Gasteiger partial charge in [-0.3, -0.25) is 9.59 Å². The molecular weight excluding hydrogens is 492 g/mol. The summed E-state index contributed by atoms with van der Waals surface area (Å²) in [6, 6.07) is 0. The Bertz CT molecular complexity index is 638. The summed E-state index contributed by atoms with van der Waals surface area (Å²) >= 11 is 0. The standard InChI is InChI=1S/C33H60O6/c1-4-6-8-10-12-14-16-18-20-28-30(38-28)22-24-32(34)36-26-27(3)37-33(35)25-23-31-29(39-31)21-19-17-15-13-11-9-7-5-2/h27-31H,4-26H2,1-3H3. The van der Waals surface area contributed by atoms with Crippen LogP contribution in [0, 0.1) is 0 Å². The number of esters is 2. The summed E-state index contributed by atoms with van der Waals surface area (Å²) in [6.45, 7) is 6.39. The van der Waals surface area contributed by atoms with Crippen molar-refractivity contribution in [1.82, 2.24) is 0 Å². The van der Waals surface area contributed by atoms with Crippen LogP contribution < -0.4 is 0 Å². The number of carbonyl (C=O) groups is 2. The molecule has 0 aromatic heterocycles. The lowest BCUT2D eigenvalue weighted by Crippen LogP contribution is -2.22. The fraction of sp³-hybridized carbons (Fsp3) is 0.939. The number of hydrogen-bond acceptors (Lipinski definition) is 6. The lowest BCUT2D eigenvalue weighted by molar-refractivity contribution is -0.158. The average Bonchev–Trinajstić information content (AvgIpc) is 3.85. The highest BCUT2D eigenvalue weighted by atomic mass is 16.6. The van der Waals surface area contributed by atoms with Gasteiger partial charge in [-0.15, -0.1) is 0 Å². The van der Waals surface area contributed by atoms with Crippen LogP contribution in [-0.2, 0) is 28.5 Å². The van der Waals surface area contributed by atoms with Crippen molar-refractivity contribution in [2.24, 2.45) is 0 Å². The van der Waals surface area contributed by atoms with Gasteiger partial charge >= 0.3 is 11.9 Å². The topological polar surface area (TPSA) is 77.7 Å². The summed E-state index contributed by atoms with van der Waals surface area (Å²) in [7, 11) is 0. The maximum absolute atomic E-state index is 12.2. The van der Waals surface area contributed by atoms with E-state index in [1.165, 1.54) is 103 Å². The Morgan fingerprint density at radius 1 is 0.564 bits per heavy atom. The van der Waals surface area contributed by atoms with Crippen molar-refractivity contribution in [3.8, 4) is 0 Å². The predicted octanol–water partition coefficient (Wildman–Crippen LogP) is 8.62. The molecule has 6 heteroatoms. The van der Waals surface area contributed by atoms with E-state index in [0.29, 0.717) is 31.5 Å². The van der Waals surface area contributed by atoms with Crippen LogP contribution in [-0.4, -0.2) is 49.1 Å². The SMILES string of the molecule is CCCCCCCCCCC1OC1CCC(=O)OCC(C)OC(=O)CCC1OC1CCCCCCCCCC. The van der Waals surface area contributed by atoms with Gasteiger partial charge in [-0.2, -0.15) is 0 Å². The molecule has 2 heterocycles. The first-order valence-electron chi connectivity index (χ1n) is 16.7. The zero-order chi connectivity index (χ0) is 28.1. The van der Waals surface area contributed by atoms with E-state index in [9.17, 15) is 9.59 Å². The molecule has 0 bridgehead atoms. The fourth-order valence-corrected chi connectivity index (χ4v) is 5.45. The minimum atomic E-state index is -0.429. The maximum atomic E-state index is 12.2. The average molecular weight is 553 g/mol. The third-order valence-electron chi connectivity index (χ3n) is 8.14. The molecule has 0 aromatic rings. The molecule has 2 fully saturated rings. The summed E-state index contributed by atoms with van der Waals surface area (Å²) in [6.07, 6.45) is 26.2. The number of carbonyl (C=O) groups excluding carboxylic acids is 2. The molecule has 0 spiro atoms. The number of unbranched alkanes of at least 4 members (excludes halogenated alkanes) is 14. The second kappa shape index (κ2) is 21.6. The highest BCUT2D eigenvalue weighted by Gasteiger charge is 2.38. The molecule has 2 saturated heterocycles. The van der Waals surface area contributed by atoms with Gasteiger partial charge in [-0.25, -0.2) is 0 Å². The van der Waals surface area contributed by atoms with Crippen LogP contribution in [0.4, 0.5) is 0 Å². The van der Waals surface area contributed by atoms with E-state index in [1.807, 2.05) is 0 Å². The molecule has 5 unspecified atom stereocenters. The number of ether oxygens (including phenoxy) is 4. The zero-order valence-corrected chi connectivity index (χ0v) is 25.6. The van der Waals surface area contributed by atoms with Gasteiger partial charge in [0, 0.05) is 12.8 Å². The van der Waals surface area contributed by atoms with Crippen LogP contribution in [0.1, 0.15) is 162 Å². The number of epoxide rings is 2. The van der Waals surface area contributed by atoms with Crippen molar-refractivity contribution in [2.45, 2.75) is 193 Å². The summed E-state index contributed by atoms with van der Waals surface area (Å²) in [5, 5.41) is 0. The van der Waals surface area contributed by atoms with Crippen LogP contribution in [0.3, 0.4) is 0 Å². The van der Waals surface area contributed by atoms with Crippen molar-refractivity contribution in [3.05, 3.63) is 0 Å². The zero-order valence-electron chi connectivity index (χ0n) is 25.6. The molecule has 6 nitrogen and oxygen atoms in total. The molecule has 0 aromatic carbocycles. The van der Waals surface area contributed by atoms with Gasteiger partial charge in [-0.1, -0.05) is 117 Å². The van der Waals surface area contributed by atoms with Crippen LogP contribution in [0.2, 0.25) is 0 Å².